The number of nitrogens with zero attached hydrogens (tertiary/aromatic N) is 4. The highest BCUT2D eigenvalue weighted by Crippen LogP contribution is 2.40. The molecule has 63 heavy (non-hydrogen) atoms. The molecule has 6 rings (SSSR count). The first kappa shape index (κ1) is 46.6. The summed E-state index contributed by atoms with van der Waals surface area (Å²) in [7, 11) is 5.66. The van der Waals surface area contributed by atoms with Gasteiger partial charge in [-0.25, -0.2) is 19.6 Å². The number of imidazole rings is 2. The fraction of sp³-hybridized carbons (Fsp3) is 0.522. The van der Waals surface area contributed by atoms with E-state index in [-0.39, 0.29) is 35.7 Å². The maximum atomic E-state index is 14.1. The smallest absolute Gasteiger partial charge is 0.407 e. The molecule has 2 saturated heterocycles. The second-order valence-electron chi connectivity index (χ2n) is 16.9. The predicted octanol–water partition coefficient (Wildman–Crippen LogP) is 6.37. The molecule has 0 saturated carbocycles. The number of allylic oxidation sites excluding steroid dienone is 4. The van der Waals surface area contributed by atoms with Gasteiger partial charge < -0.3 is 54.1 Å². The van der Waals surface area contributed by atoms with Gasteiger partial charge in [0.2, 0.25) is 11.8 Å². The minimum absolute atomic E-state index is 0.0309. The zero-order chi connectivity index (χ0) is 45.7. The van der Waals surface area contributed by atoms with Crippen molar-refractivity contribution in [1.29, 1.82) is 0 Å². The van der Waals surface area contributed by atoms with Gasteiger partial charge in [0.15, 0.2) is 0 Å². The lowest BCUT2D eigenvalue weighted by atomic mass is 9.93. The molecule has 4 N–H and O–H groups in total. The van der Waals surface area contributed by atoms with Crippen molar-refractivity contribution in [3.05, 3.63) is 83.0 Å². The van der Waals surface area contributed by atoms with Gasteiger partial charge >= 0.3 is 12.2 Å². The summed E-state index contributed by atoms with van der Waals surface area (Å²) in [6.07, 6.45) is 5.73. The molecule has 0 aliphatic carbocycles. The highest BCUT2D eigenvalue weighted by molar-refractivity contribution is 5.88. The van der Waals surface area contributed by atoms with Gasteiger partial charge in [-0.1, -0.05) is 38.6 Å². The molecular weight excluding hydrogens is 809 g/mol. The van der Waals surface area contributed by atoms with E-state index in [1.807, 2.05) is 51.7 Å². The summed E-state index contributed by atoms with van der Waals surface area (Å²) in [5.41, 5.74) is 6.97. The first-order valence-electron chi connectivity index (χ1n) is 21.4. The van der Waals surface area contributed by atoms with Crippen LogP contribution < -0.4 is 10.6 Å². The number of methoxy groups -OCH3 is 4. The normalized spacial score (nSPS) is 21.4. The van der Waals surface area contributed by atoms with Crippen molar-refractivity contribution in [3.8, 4) is 11.3 Å². The quantitative estimate of drug-likeness (QED) is 0.132. The number of rotatable bonds is 15. The fourth-order valence-corrected chi connectivity index (χ4v) is 8.93. The third-order valence-electron chi connectivity index (χ3n) is 12.4. The molecule has 1 aromatic carbocycles. The van der Waals surface area contributed by atoms with Gasteiger partial charge in [0.05, 0.1) is 62.3 Å². The van der Waals surface area contributed by atoms with Crippen LogP contribution in [0.1, 0.15) is 100 Å². The van der Waals surface area contributed by atoms with E-state index in [9.17, 15) is 19.2 Å². The maximum Gasteiger partial charge on any atom is 0.407 e. The number of benzene rings is 1. The monoisotopic (exact) mass is 870 g/mol. The Morgan fingerprint density at radius 2 is 1.70 bits per heavy atom. The Morgan fingerprint density at radius 1 is 0.984 bits per heavy atom. The Kier molecular flexibility index (Phi) is 14.8. The number of nitrogens with one attached hydrogen (secondary N) is 4. The Balaban J connectivity index is 1.23. The SMILES string of the molecule is C=CC1=C(/C=C(\C)c2[nH]c([C@@H]3C[C@H](COC)CN3C(=O)[C@@H](NC(=O)OC)[C@@H](C)OC)nc2C)OCc2cc(-c3cnc([C@@H]4CC[C@H](C)N4C(=O)[C@@H](NC(=O)OC)C(C)C)[nH]3)ccc21. The van der Waals surface area contributed by atoms with Crippen LogP contribution in [0.25, 0.3) is 22.4 Å². The van der Waals surface area contributed by atoms with Crippen molar-refractivity contribution in [2.24, 2.45) is 11.8 Å². The lowest BCUT2D eigenvalue weighted by Gasteiger charge is -2.32. The van der Waals surface area contributed by atoms with E-state index < -0.39 is 36.4 Å². The van der Waals surface area contributed by atoms with Gasteiger partial charge in [-0.3, -0.25) is 9.59 Å². The molecule has 3 aromatic rings. The summed E-state index contributed by atoms with van der Waals surface area (Å²) in [6.45, 7) is 16.8. The second-order valence-corrected chi connectivity index (χ2v) is 16.9. The summed E-state index contributed by atoms with van der Waals surface area (Å²) in [5.74, 6) is 1.41. The van der Waals surface area contributed by atoms with Crippen molar-refractivity contribution >= 4 is 35.1 Å². The van der Waals surface area contributed by atoms with Crippen molar-refractivity contribution in [2.45, 2.75) is 104 Å². The number of H-pyrrole nitrogens is 2. The van der Waals surface area contributed by atoms with Crippen LogP contribution in [0.4, 0.5) is 9.59 Å². The van der Waals surface area contributed by atoms with Crippen molar-refractivity contribution < 1.29 is 42.9 Å². The molecule has 0 bridgehead atoms. The Bertz CT molecular complexity index is 2240. The van der Waals surface area contributed by atoms with Crippen LogP contribution >= 0.6 is 0 Å². The van der Waals surface area contributed by atoms with E-state index >= 15 is 0 Å². The minimum atomic E-state index is -0.974. The Morgan fingerprint density at radius 3 is 2.35 bits per heavy atom. The highest BCUT2D eigenvalue weighted by atomic mass is 16.5. The third kappa shape index (κ3) is 9.84. The molecule has 0 unspecified atom stereocenters. The molecule has 17 heteroatoms. The topological polar surface area (TPSA) is 202 Å². The molecule has 0 radical (unpaired) electrons. The van der Waals surface area contributed by atoms with Crippen LogP contribution in [-0.4, -0.2) is 120 Å². The van der Waals surface area contributed by atoms with Crippen LogP contribution in [-0.2, 0) is 39.9 Å². The summed E-state index contributed by atoms with van der Waals surface area (Å²) >= 11 is 0. The molecule has 2 fully saturated rings. The van der Waals surface area contributed by atoms with E-state index in [0.29, 0.717) is 43.6 Å². The first-order valence-corrected chi connectivity index (χ1v) is 21.4. The molecule has 5 heterocycles. The number of aryl methyl sites for hydroxylation is 1. The molecule has 3 aliphatic heterocycles. The number of carbonyl (C=O) groups is 4. The van der Waals surface area contributed by atoms with Crippen molar-refractivity contribution in [2.75, 3.05) is 41.6 Å². The number of ether oxygens (including phenoxy) is 5. The largest absolute Gasteiger partial charge is 0.488 e. The summed E-state index contributed by atoms with van der Waals surface area (Å²) in [5, 5.41) is 5.36. The average Bonchev–Trinajstić information content (AvgIpc) is 4.09. The fourth-order valence-electron chi connectivity index (χ4n) is 8.93. The molecule has 0 spiro atoms. The van der Waals surface area contributed by atoms with Crippen LogP contribution in [0.2, 0.25) is 0 Å². The van der Waals surface area contributed by atoms with Gasteiger partial charge in [0.25, 0.3) is 0 Å². The number of amides is 4. The third-order valence-corrected chi connectivity index (χ3v) is 12.4. The van der Waals surface area contributed by atoms with Crippen LogP contribution in [0.15, 0.2) is 48.9 Å². The number of alkyl carbamates (subject to hydrolysis) is 2. The summed E-state index contributed by atoms with van der Waals surface area (Å²) in [4.78, 5) is 72.5. The van der Waals surface area contributed by atoms with Crippen LogP contribution in [0.3, 0.4) is 0 Å². The van der Waals surface area contributed by atoms with E-state index in [1.165, 1.54) is 21.3 Å². The number of carbonyl (C=O) groups excluding carboxylic acids is 4. The van der Waals surface area contributed by atoms with Gasteiger partial charge in [-0.05, 0) is 87.3 Å². The average molecular weight is 871 g/mol. The number of hydrogen-bond donors (Lipinski definition) is 4. The Hall–Kier alpha value is -5.94. The number of aromatic amines is 2. The van der Waals surface area contributed by atoms with Gasteiger partial charge in [0.1, 0.15) is 36.1 Å². The van der Waals surface area contributed by atoms with Crippen molar-refractivity contribution in [1.82, 2.24) is 40.4 Å². The van der Waals surface area contributed by atoms with Gasteiger partial charge in [-0.2, -0.15) is 0 Å². The standard InChI is InChI=1S/C46H62N8O9/c1-12-32-33-15-14-30(34-20-47-41(49-34)35-16-13-26(5)54(35)44(56)38(24(2)3)51-45(57)61-10)19-31(33)23-63-37(32)17-25(4)39-27(6)48-42(50-39)36-18-29(22-59-8)21-53(36)43(55)40(28(7)60-9)52-46(58)62-11/h12,14-15,17,19-20,24,26,28-29,35-36,38,40H,1,13,16,18,21-23H2,2-11H3,(H,47,49)(H,48,50)(H,51,57)(H,52,58)/b25-17+/t26-,28+,29-,35-,36-,38-,40-/m0/s1. The van der Waals surface area contributed by atoms with E-state index in [0.717, 1.165) is 57.8 Å². The number of likely N-dealkylation sites (tertiary alicyclic amines) is 2. The maximum absolute atomic E-state index is 14.1. The predicted molar refractivity (Wildman–Crippen MR) is 236 cm³/mol. The molecule has 340 valence electrons. The van der Waals surface area contributed by atoms with Gasteiger partial charge in [0, 0.05) is 38.3 Å². The van der Waals surface area contributed by atoms with Crippen LogP contribution in [0, 0.1) is 18.8 Å². The number of hydrogen-bond acceptors (Lipinski definition) is 11. The zero-order valence-electron chi connectivity index (χ0n) is 38.0. The second kappa shape index (κ2) is 20.1. The van der Waals surface area contributed by atoms with Crippen LogP contribution in [0.5, 0.6) is 0 Å². The van der Waals surface area contributed by atoms with E-state index in [4.69, 9.17) is 33.7 Å². The molecule has 4 amide bonds. The summed E-state index contributed by atoms with van der Waals surface area (Å²) < 4.78 is 27.0. The van der Waals surface area contributed by atoms with E-state index in [1.54, 1.807) is 31.2 Å². The first-order chi connectivity index (χ1) is 30.1. The number of aromatic nitrogens is 4. The van der Waals surface area contributed by atoms with Crippen molar-refractivity contribution in [3.63, 3.8) is 0 Å². The van der Waals surface area contributed by atoms with Gasteiger partial charge in [-0.15, -0.1) is 0 Å². The zero-order valence-corrected chi connectivity index (χ0v) is 38.0. The molecule has 2 aromatic heterocycles. The minimum Gasteiger partial charge on any atom is -0.488 e. The number of fused-ring (bicyclic) bond motifs is 1. The Labute approximate surface area is 369 Å². The summed E-state index contributed by atoms with van der Waals surface area (Å²) in [6, 6.07) is 3.75. The molecular formula is C46H62N8O9. The molecule has 7 atom stereocenters. The molecule has 3 aliphatic rings. The van der Waals surface area contributed by atoms with E-state index in [2.05, 4.69) is 39.3 Å². The lowest BCUT2D eigenvalue weighted by Crippen LogP contribution is -2.54. The molecule has 17 nitrogen and oxygen atoms in total. The highest BCUT2D eigenvalue weighted by Gasteiger charge is 2.43. The lowest BCUT2D eigenvalue weighted by molar-refractivity contribution is -0.138.